The molecule has 1 fully saturated rings. The van der Waals surface area contributed by atoms with E-state index in [0.717, 1.165) is 6.92 Å². The number of anilines is 1. The van der Waals surface area contributed by atoms with E-state index in [4.69, 9.17) is 14.6 Å². The van der Waals surface area contributed by atoms with Crippen molar-refractivity contribution in [2.45, 2.75) is 50.2 Å². The molecule has 0 aromatic heterocycles. The van der Waals surface area contributed by atoms with Crippen molar-refractivity contribution in [1.29, 1.82) is 0 Å². The van der Waals surface area contributed by atoms with Gasteiger partial charge in [-0.25, -0.2) is 13.6 Å². The summed E-state index contributed by atoms with van der Waals surface area (Å²) in [5, 5.41) is 33.6. The third-order valence-corrected chi connectivity index (χ3v) is 4.83. The smallest absolute Gasteiger partial charge is 0.319 e. The van der Waals surface area contributed by atoms with Gasteiger partial charge in [-0.2, -0.15) is 0 Å². The van der Waals surface area contributed by atoms with E-state index in [9.17, 15) is 23.8 Å². The number of ether oxygens (including phenoxy) is 2. The number of hydrogen-bond donors (Lipinski definition) is 5. The number of alkyl halides is 2. The Bertz CT molecular complexity index is 677. The van der Waals surface area contributed by atoms with Crippen LogP contribution >= 0.6 is 0 Å². The maximum atomic E-state index is 14.7. The zero-order valence-corrected chi connectivity index (χ0v) is 15.8. The third-order valence-electron chi connectivity index (χ3n) is 4.83. The molecule has 0 bridgehead atoms. The Balaban J connectivity index is 2.18. The van der Waals surface area contributed by atoms with Crippen molar-refractivity contribution in [3.8, 4) is 5.75 Å². The molecule has 158 valence electrons. The molecule has 1 aliphatic rings. The zero-order valence-electron chi connectivity index (χ0n) is 15.8. The summed E-state index contributed by atoms with van der Waals surface area (Å²) in [6.45, 7) is 1.48. The largest absolute Gasteiger partial charge is 0.495 e. The molecule has 8 nitrogen and oxygen atoms in total. The lowest BCUT2D eigenvalue weighted by Crippen LogP contribution is -2.65. The Morgan fingerprint density at radius 3 is 2.64 bits per heavy atom. The molecule has 2 amide bonds. The SMILES string of the molecule is COc1ccccc1NC(=O)N[C@H]1C(F)C(C)(F)O[C@@H]([C@H](O)[C@H](O)CO)[C@@H]1C. The fourth-order valence-corrected chi connectivity index (χ4v) is 3.20. The van der Waals surface area contributed by atoms with Crippen molar-refractivity contribution in [2.75, 3.05) is 19.0 Å². The van der Waals surface area contributed by atoms with Gasteiger partial charge in [-0.3, -0.25) is 0 Å². The highest BCUT2D eigenvalue weighted by Gasteiger charge is 2.55. The highest BCUT2D eigenvalue weighted by Crippen LogP contribution is 2.38. The number of carbonyl (C=O) groups is 1. The van der Waals surface area contributed by atoms with Crippen molar-refractivity contribution in [3.05, 3.63) is 24.3 Å². The van der Waals surface area contributed by atoms with Crippen LogP contribution in [0.1, 0.15) is 13.8 Å². The lowest BCUT2D eigenvalue weighted by molar-refractivity contribution is -0.280. The minimum atomic E-state index is -2.82. The zero-order chi connectivity index (χ0) is 21.1. The fourth-order valence-electron chi connectivity index (χ4n) is 3.20. The second-order valence-corrected chi connectivity index (χ2v) is 6.89. The predicted molar refractivity (Wildman–Crippen MR) is 96.5 cm³/mol. The summed E-state index contributed by atoms with van der Waals surface area (Å²) < 4.78 is 39.4. The molecule has 0 radical (unpaired) electrons. The van der Waals surface area contributed by atoms with Gasteiger partial charge >= 0.3 is 6.03 Å². The summed E-state index contributed by atoms with van der Waals surface area (Å²) in [6, 6.07) is 4.37. The molecular formula is C18H26F2N2O6. The van der Waals surface area contributed by atoms with Gasteiger partial charge in [0.2, 0.25) is 5.85 Å². The number of methoxy groups -OCH3 is 1. The Labute approximate surface area is 161 Å². The second-order valence-electron chi connectivity index (χ2n) is 6.89. The minimum Gasteiger partial charge on any atom is -0.495 e. The van der Waals surface area contributed by atoms with Crippen LogP contribution in [0.15, 0.2) is 24.3 Å². The summed E-state index contributed by atoms with van der Waals surface area (Å²) in [5.41, 5.74) is 0.327. The molecule has 10 heteroatoms. The summed E-state index contributed by atoms with van der Waals surface area (Å²) in [5.74, 6) is -3.36. The Morgan fingerprint density at radius 1 is 1.39 bits per heavy atom. The van der Waals surface area contributed by atoms with Gasteiger partial charge < -0.3 is 35.4 Å². The van der Waals surface area contributed by atoms with E-state index in [1.807, 2.05) is 0 Å². The number of hydrogen-bond acceptors (Lipinski definition) is 6. The number of halogens is 2. The van der Waals surface area contributed by atoms with Crippen LogP contribution in [0.3, 0.4) is 0 Å². The molecular weight excluding hydrogens is 378 g/mol. The molecule has 28 heavy (non-hydrogen) atoms. The number of benzene rings is 1. The molecule has 1 aromatic carbocycles. The lowest BCUT2D eigenvalue weighted by atomic mass is 9.82. The Kier molecular flexibility index (Phi) is 7.16. The quantitative estimate of drug-likeness (QED) is 0.482. The molecule has 1 aliphatic heterocycles. The van der Waals surface area contributed by atoms with Gasteiger partial charge in [-0.05, 0) is 19.1 Å². The van der Waals surface area contributed by atoms with Crippen LogP contribution in [0, 0.1) is 5.92 Å². The van der Waals surface area contributed by atoms with E-state index in [0.29, 0.717) is 11.4 Å². The molecule has 2 rings (SSSR count). The highest BCUT2D eigenvalue weighted by molar-refractivity contribution is 5.91. The molecule has 7 atom stereocenters. The van der Waals surface area contributed by atoms with Gasteiger partial charge in [0.25, 0.3) is 0 Å². The Hall–Kier alpha value is -2.01. The first kappa shape index (κ1) is 22.3. The highest BCUT2D eigenvalue weighted by atomic mass is 19.2. The first-order valence-electron chi connectivity index (χ1n) is 8.80. The average Bonchev–Trinajstić information content (AvgIpc) is 2.67. The maximum absolute atomic E-state index is 14.7. The number of para-hydroxylation sites is 2. The number of aliphatic hydroxyl groups is 3. The van der Waals surface area contributed by atoms with Crippen molar-refractivity contribution in [2.24, 2.45) is 5.92 Å². The van der Waals surface area contributed by atoms with Crippen molar-refractivity contribution >= 4 is 11.7 Å². The summed E-state index contributed by atoms with van der Waals surface area (Å²) in [6.07, 6.45) is -6.88. The van der Waals surface area contributed by atoms with Crippen LogP contribution in [-0.2, 0) is 4.74 Å². The Morgan fingerprint density at radius 2 is 2.04 bits per heavy atom. The molecule has 5 N–H and O–H groups in total. The van der Waals surface area contributed by atoms with E-state index in [1.54, 1.807) is 24.3 Å². The maximum Gasteiger partial charge on any atom is 0.319 e. The van der Waals surface area contributed by atoms with E-state index in [-0.39, 0.29) is 0 Å². The van der Waals surface area contributed by atoms with Gasteiger partial charge in [0, 0.05) is 5.92 Å². The fraction of sp³-hybridized carbons (Fsp3) is 0.611. The second kappa shape index (κ2) is 8.99. The average molecular weight is 404 g/mol. The molecule has 1 saturated heterocycles. The van der Waals surface area contributed by atoms with Crippen LogP contribution in [0.5, 0.6) is 5.75 Å². The molecule has 0 saturated carbocycles. The number of urea groups is 1. The van der Waals surface area contributed by atoms with Gasteiger partial charge in [-0.15, -0.1) is 0 Å². The van der Waals surface area contributed by atoms with E-state index >= 15 is 0 Å². The van der Waals surface area contributed by atoms with E-state index in [2.05, 4.69) is 10.6 Å². The molecule has 0 aliphatic carbocycles. The van der Waals surface area contributed by atoms with Crippen molar-refractivity contribution < 1.29 is 38.4 Å². The minimum absolute atomic E-state index is 0.327. The van der Waals surface area contributed by atoms with Gasteiger partial charge in [0.1, 0.15) is 18.0 Å². The first-order chi connectivity index (χ1) is 13.1. The summed E-state index contributed by atoms with van der Waals surface area (Å²) >= 11 is 0. The van der Waals surface area contributed by atoms with Crippen LogP contribution in [0.2, 0.25) is 0 Å². The molecule has 1 aromatic rings. The van der Waals surface area contributed by atoms with Gasteiger partial charge in [0.05, 0.1) is 31.5 Å². The number of amides is 2. The van der Waals surface area contributed by atoms with Gasteiger partial charge in [-0.1, -0.05) is 19.1 Å². The first-order valence-corrected chi connectivity index (χ1v) is 8.80. The molecule has 0 spiro atoms. The summed E-state index contributed by atoms with van der Waals surface area (Å²) in [4.78, 5) is 12.4. The van der Waals surface area contributed by atoms with Crippen LogP contribution in [0.4, 0.5) is 19.3 Å². The van der Waals surface area contributed by atoms with Crippen LogP contribution in [0.25, 0.3) is 0 Å². The monoisotopic (exact) mass is 404 g/mol. The number of nitrogens with one attached hydrogen (secondary N) is 2. The van der Waals surface area contributed by atoms with Crippen molar-refractivity contribution in [3.63, 3.8) is 0 Å². The topological polar surface area (TPSA) is 120 Å². The van der Waals surface area contributed by atoms with E-state index < -0.39 is 54.9 Å². The lowest BCUT2D eigenvalue weighted by Gasteiger charge is -2.46. The third kappa shape index (κ3) is 4.69. The standard InChI is InChI=1S/C18H26F2N2O6/c1-9-13(22-17(26)21-10-6-4-5-7-12(10)27-3)16(19)18(2,20)28-15(9)14(25)11(24)8-23/h4-7,9,11,13-16,23-25H,8H2,1-3H3,(H2,21,22,26)/t9-,11-,13-,14-,15-,16?,18?/m1/s1. The van der Waals surface area contributed by atoms with Crippen LogP contribution in [-0.4, -0.2) is 71.4 Å². The number of rotatable bonds is 6. The normalized spacial score (nSPS) is 32.3. The molecule has 1 heterocycles. The van der Waals surface area contributed by atoms with E-state index in [1.165, 1.54) is 14.0 Å². The predicted octanol–water partition coefficient (Wildman–Crippen LogP) is 0.958. The molecule has 2 unspecified atom stereocenters. The summed E-state index contributed by atoms with van der Waals surface area (Å²) in [7, 11) is 1.42. The van der Waals surface area contributed by atoms with Crippen molar-refractivity contribution in [1.82, 2.24) is 5.32 Å². The number of carbonyl (C=O) groups excluding carboxylic acids is 1. The van der Waals surface area contributed by atoms with Gasteiger partial charge in [0.15, 0.2) is 6.17 Å². The number of aliphatic hydroxyl groups excluding tert-OH is 3. The van der Waals surface area contributed by atoms with Crippen LogP contribution < -0.4 is 15.4 Å².